The second kappa shape index (κ2) is 8.36. The van der Waals surface area contributed by atoms with Gasteiger partial charge in [-0.15, -0.1) is 0 Å². The number of piperidine rings is 1. The van der Waals surface area contributed by atoms with Crippen molar-refractivity contribution >= 4 is 11.9 Å². The molecule has 1 N–H and O–H groups in total. The van der Waals surface area contributed by atoms with Crippen LogP contribution in [0.15, 0.2) is 30.3 Å². The topological polar surface area (TPSA) is 57.6 Å². The number of alkyl halides is 3. The van der Waals surface area contributed by atoms with Crippen LogP contribution in [-0.2, 0) is 9.59 Å². The molecule has 2 rings (SSSR count). The first-order valence-corrected chi connectivity index (χ1v) is 8.42. The summed E-state index contributed by atoms with van der Waals surface area (Å²) in [6, 6.07) is 7.14. The summed E-state index contributed by atoms with van der Waals surface area (Å²) in [7, 11) is 0. The predicted molar refractivity (Wildman–Crippen MR) is 86.1 cm³/mol. The van der Waals surface area contributed by atoms with Crippen LogP contribution in [0.5, 0.6) is 0 Å². The fourth-order valence-electron chi connectivity index (χ4n) is 3.32. The van der Waals surface area contributed by atoms with Crippen LogP contribution < -0.4 is 0 Å². The molecular formula is C18H22F3NO3. The molecule has 138 valence electrons. The van der Waals surface area contributed by atoms with E-state index >= 15 is 0 Å². The summed E-state index contributed by atoms with van der Waals surface area (Å²) in [5.74, 6) is -3.36. The van der Waals surface area contributed by atoms with Crippen molar-refractivity contribution in [1.29, 1.82) is 0 Å². The Morgan fingerprint density at radius 3 is 2.48 bits per heavy atom. The van der Waals surface area contributed by atoms with Gasteiger partial charge in [0.2, 0.25) is 5.91 Å². The van der Waals surface area contributed by atoms with Gasteiger partial charge >= 0.3 is 12.1 Å². The molecule has 1 aromatic rings. The summed E-state index contributed by atoms with van der Waals surface area (Å²) in [6.45, 7) is 0.391. The lowest BCUT2D eigenvalue weighted by Gasteiger charge is -2.36. The van der Waals surface area contributed by atoms with Crippen molar-refractivity contribution in [3.63, 3.8) is 0 Å². The lowest BCUT2D eigenvalue weighted by atomic mass is 9.92. The molecule has 4 nitrogen and oxygen atoms in total. The van der Waals surface area contributed by atoms with Crippen LogP contribution in [0.2, 0.25) is 0 Å². The highest BCUT2D eigenvalue weighted by Crippen LogP contribution is 2.38. The van der Waals surface area contributed by atoms with Gasteiger partial charge in [0.15, 0.2) is 0 Å². The van der Waals surface area contributed by atoms with E-state index in [-0.39, 0.29) is 24.4 Å². The third-order valence-corrected chi connectivity index (χ3v) is 4.61. The van der Waals surface area contributed by atoms with Gasteiger partial charge in [-0.1, -0.05) is 30.3 Å². The molecule has 2 atom stereocenters. The second-order valence-electron chi connectivity index (χ2n) is 6.38. The smallest absolute Gasteiger partial charge is 0.396 e. The summed E-state index contributed by atoms with van der Waals surface area (Å²) in [4.78, 5) is 24.8. The highest BCUT2D eigenvalue weighted by Gasteiger charge is 2.43. The minimum Gasteiger partial charge on any atom is -0.481 e. The molecule has 1 aliphatic rings. The Bertz CT molecular complexity index is 589. The second-order valence-corrected chi connectivity index (χ2v) is 6.38. The lowest BCUT2D eigenvalue weighted by Crippen LogP contribution is -2.45. The van der Waals surface area contributed by atoms with E-state index in [4.69, 9.17) is 5.11 Å². The maximum atomic E-state index is 13.4. The van der Waals surface area contributed by atoms with Gasteiger partial charge in [-0.2, -0.15) is 13.2 Å². The molecule has 7 heteroatoms. The minimum atomic E-state index is -4.51. The molecule has 0 bridgehead atoms. The third-order valence-electron chi connectivity index (χ3n) is 4.61. The number of nitrogens with zero attached hydrogens (tertiary/aromatic N) is 1. The summed E-state index contributed by atoms with van der Waals surface area (Å²) in [5.41, 5.74) is 0.0717. The van der Waals surface area contributed by atoms with Gasteiger partial charge in [-0.3, -0.25) is 9.59 Å². The average Bonchev–Trinajstić information content (AvgIpc) is 2.57. The normalized spacial score (nSPS) is 19.5. The zero-order chi connectivity index (χ0) is 18.4. The molecule has 0 aromatic heterocycles. The average molecular weight is 357 g/mol. The van der Waals surface area contributed by atoms with Crippen LogP contribution >= 0.6 is 0 Å². The molecule has 1 heterocycles. The monoisotopic (exact) mass is 357 g/mol. The van der Waals surface area contributed by atoms with Gasteiger partial charge in [0.05, 0.1) is 5.92 Å². The molecular weight excluding hydrogens is 335 g/mol. The Labute approximate surface area is 144 Å². The summed E-state index contributed by atoms with van der Waals surface area (Å²) < 4.78 is 40.3. The lowest BCUT2D eigenvalue weighted by molar-refractivity contribution is -0.162. The van der Waals surface area contributed by atoms with E-state index in [1.54, 1.807) is 6.07 Å². The van der Waals surface area contributed by atoms with Crippen molar-refractivity contribution < 1.29 is 27.9 Å². The molecule has 1 aliphatic heterocycles. The fraction of sp³-hybridized carbons (Fsp3) is 0.556. The van der Waals surface area contributed by atoms with Gasteiger partial charge in [0.1, 0.15) is 0 Å². The molecule has 0 aliphatic carbocycles. The van der Waals surface area contributed by atoms with E-state index < -0.39 is 30.4 Å². The number of aliphatic carboxylic acids is 1. The van der Waals surface area contributed by atoms with Gasteiger partial charge in [0, 0.05) is 25.4 Å². The first-order chi connectivity index (χ1) is 11.8. The number of carboxylic acids is 1. The Hall–Kier alpha value is -2.05. The molecule has 0 radical (unpaired) electrons. The molecule has 0 spiro atoms. The van der Waals surface area contributed by atoms with E-state index in [0.29, 0.717) is 13.0 Å². The molecule has 0 saturated carbocycles. The number of carboxylic acid groups (broad SMARTS) is 1. The molecule has 1 amide bonds. The van der Waals surface area contributed by atoms with Crippen LogP contribution in [0.3, 0.4) is 0 Å². The Kier molecular flexibility index (Phi) is 6.45. The van der Waals surface area contributed by atoms with E-state index in [2.05, 4.69) is 0 Å². The number of carbonyl (C=O) groups is 2. The molecule has 1 aromatic carbocycles. The first kappa shape index (κ1) is 19.3. The van der Waals surface area contributed by atoms with Gasteiger partial charge in [-0.25, -0.2) is 0 Å². The zero-order valence-electron chi connectivity index (χ0n) is 13.8. The van der Waals surface area contributed by atoms with Crippen molar-refractivity contribution in [2.45, 2.75) is 56.7 Å². The van der Waals surface area contributed by atoms with E-state index in [1.165, 1.54) is 29.2 Å². The van der Waals surface area contributed by atoms with Crippen molar-refractivity contribution in [2.24, 2.45) is 0 Å². The molecule has 1 saturated heterocycles. The van der Waals surface area contributed by atoms with Crippen molar-refractivity contribution in [2.75, 3.05) is 6.54 Å². The third kappa shape index (κ3) is 5.47. The standard InChI is InChI=1S/C18H22F3NO3/c19-18(20,21)15(13-6-2-1-3-7-13)12-16(23)22-11-5-4-8-14(22)9-10-17(24)25/h1-3,6-7,14-15H,4-5,8-12H2,(H,24,25)/t14-,15+/m1/s1. The van der Waals surface area contributed by atoms with Gasteiger partial charge in [-0.05, 0) is 31.2 Å². The van der Waals surface area contributed by atoms with Crippen molar-refractivity contribution in [1.82, 2.24) is 4.90 Å². The van der Waals surface area contributed by atoms with Crippen LogP contribution in [-0.4, -0.2) is 40.6 Å². The van der Waals surface area contributed by atoms with Crippen molar-refractivity contribution in [3.05, 3.63) is 35.9 Å². The predicted octanol–water partition coefficient (Wildman–Crippen LogP) is 3.97. The van der Waals surface area contributed by atoms with E-state index in [0.717, 1.165) is 12.8 Å². The maximum Gasteiger partial charge on any atom is 0.396 e. The van der Waals surface area contributed by atoms with Gasteiger partial charge < -0.3 is 10.0 Å². The largest absolute Gasteiger partial charge is 0.481 e. The highest BCUT2D eigenvalue weighted by molar-refractivity contribution is 5.78. The number of rotatable bonds is 6. The number of carbonyl (C=O) groups excluding carboxylic acids is 1. The zero-order valence-corrected chi connectivity index (χ0v) is 13.8. The van der Waals surface area contributed by atoms with E-state index in [1.807, 2.05) is 0 Å². The summed E-state index contributed by atoms with van der Waals surface area (Å²) >= 11 is 0. The molecule has 0 unspecified atom stereocenters. The summed E-state index contributed by atoms with van der Waals surface area (Å²) in [5, 5.41) is 8.82. The minimum absolute atomic E-state index is 0.0717. The quantitative estimate of drug-likeness (QED) is 0.838. The number of amides is 1. The molecule has 25 heavy (non-hydrogen) atoms. The highest BCUT2D eigenvalue weighted by atomic mass is 19.4. The van der Waals surface area contributed by atoms with Crippen LogP contribution in [0.25, 0.3) is 0 Å². The number of likely N-dealkylation sites (tertiary alicyclic amines) is 1. The van der Waals surface area contributed by atoms with Crippen LogP contribution in [0.4, 0.5) is 13.2 Å². The van der Waals surface area contributed by atoms with Crippen LogP contribution in [0.1, 0.15) is 50.0 Å². The first-order valence-electron chi connectivity index (χ1n) is 8.42. The number of hydrogen-bond acceptors (Lipinski definition) is 2. The van der Waals surface area contributed by atoms with Crippen molar-refractivity contribution in [3.8, 4) is 0 Å². The molecule has 1 fully saturated rings. The number of hydrogen-bond donors (Lipinski definition) is 1. The van der Waals surface area contributed by atoms with E-state index in [9.17, 15) is 22.8 Å². The fourth-order valence-corrected chi connectivity index (χ4v) is 3.32. The Balaban J connectivity index is 2.12. The van der Waals surface area contributed by atoms with Crippen LogP contribution in [0, 0.1) is 0 Å². The Morgan fingerprint density at radius 1 is 1.20 bits per heavy atom. The maximum absolute atomic E-state index is 13.4. The van der Waals surface area contributed by atoms with Gasteiger partial charge in [0.25, 0.3) is 0 Å². The Morgan fingerprint density at radius 2 is 1.88 bits per heavy atom. The number of benzene rings is 1. The number of halogens is 3. The SMILES string of the molecule is O=C(O)CC[C@H]1CCCCN1C(=O)C[C@@H](c1ccccc1)C(F)(F)F. The summed E-state index contributed by atoms with van der Waals surface area (Å²) in [6.07, 6.45) is -2.73.